The summed E-state index contributed by atoms with van der Waals surface area (Å²) >= 11 is 0. The van der Waals surface area contributed by atoms with E-state index in [-0.39, 0.29) is 29.6 Å². The average molecular weight is 527 g/mol. The van der Waals surface area contributed by atoms with Crippen LogP contribution in [0.1, 0.15) is 69.4 Å². The minimum Gasteiger partial charge on any atom is -0.321 e. The zero-order chi connectivity index (χ0) is 27.5. The second-order valence-corrected chi connectivity index (χ2v) is 10.9. The Bertz CT molecular complexity index is 1570. The highest BCUT2D eigenvalue weighted by Crippen LogP contribution is 2.61. The molecule has 1 aliphatic heterocycles. The third-order valence-corrected chi connectivity index (χ3v) is 9.05. The first-order chi connectivity index (χ1) is 19.5. The molecule has 0 radical (unpaired) electrons. The zero-order valence-electron chi connectivity index (χ0n) is 22.6. The Morgan fingerprint density at radius 1 is 0.675 bits per heavy atom. The van der Waals surface area contributed by atoms with Crippen LogP contribution in [0.4, 0.5) is 11.4 Å². The summed E-state index contributed by atoms with van der Waals surface area (Å²) in [5.41, 5.74) is 8.43. The number of benzene rings is 4. The number of rotatable bonds is 5. The zero-order valence-corrected chi connectivity index (χ0v) is 22.6. The molecule has 3 aliphatic carbocycles. The van der Waals surface area contributed by atoms with E-state index >= 15 is 0 Å². The van der Waals surface area contributed by atoms with Crippen LogP contribution in [0, 0.1) is 11.8 Å². The Morgan fingerprint density at radius 2 is 1.15 bits per heavy atom. The van der Waals surface area contributed by atoms with Crippen molar-refractivity contribution < 1.29 is 14.4 Å². The van der Waals surface area contributed by atoms with Gasteiger partial charge in [0.2, 0.25) is 11.8 Å². The van der Waals surface area contributed by atoms with Crippen LogP contribution in [-0.2, 0) is 22.4 Å². The normalized spacial score (nSPS) is 22.1. The van der Waals surface area contributed by atoms with Gasteiger partial charge in [-0.2, -0.15) is 0 Å². The van der Waals surface area contributed by atoms with Crippen molar-refractivity contribution in [2.75, 3.05) is 10.2 Å². The number of nitrogens with one attached hydrogen (secondary N) is 1. The molecule has 5 nitrogen and oxygen atoms in total. The van der Waals surface area contributed by atoms with Gasteiger partial charge < -0.3 is 5.32 Å². The summed E-state index contributed by atoms with van der Waals surface area (Å²) in [6.45, 7) is 4.14. The van der Waals surface area contributed by atoms with Crippen LogP contribution in [0.3, 0.4) is 0 Å². The van der Waals surface area contributed by atoms with Crippen LogP contribution in [0.25, 0.3) is 0 Å². The lowest BCUT2D eigenvalue weighted by atomic mass is 9.55. The Hall–Kier alpha value is -4.51. The van der Waals surface area contributed by atoms with Crippen molar-refractivity contribution in [1.82, 2.24) is 0 Å². The van der Waals surface area contributed by atoms with E-state index in [4.69, 9.17) is 0 Å². The Morgan fingerprint density at radius 3 is 1.62 bits per heavy atom. The van der Waals surface area contributed by atoms with Crippen LogP contribution >= 0.6 is 0 Å². The van der Waals surface area contributed by atoms with E-state index in [1.807, 2.05) is 42.5 Å². The molecule has 1 fully saturated rings. The first-order valence-corrected chi connectivity index (χ1v) is 14.1. The maximum Gasteiger partial charge on any atom is 0.255 e. The van der Waals surface area contributed by atoms with Gasteiger partial charge >= 0.3 is 0 Å². The van der Waals surface area contributed by atoms with E-state index in [0.717, 1.165) is 51.9 Å². The van der Waals surface area contributed by atoms with Crippen LogP contribution in [-0.4, -0.2) is 17.7 Å². The highest BCUT2D eigenvalue weighted by Gasteiger charge is 2.61. The van der Waals surface area contributed by atoms with Crippen LogP contribution < -0.4 is 10.2 Å². The number of anilines is 2. The topological polar surface area (TPSA) is 66.5 Å². The SMILES string of the molecule is CCc1cccc(CC)c1NC(=O)c1cccc(N2C(=O)[C@@H]3C4c5ccccc5C(c5ccccc54)[C@H]3C2=O)c1. The third-order valence-electron chi connectivity index (χ3n) is 9.05. The lowest BCUT2D eigenvalue weighted by Crippen LogP contribution is -2.41. The van der Waals surface area contributed by atoms with Crippen LogP contribution in [0.2, 0.25) is 0 Å². The molecule has 40 heavy (non-hydrogen) atoms. The van der Waals surface area contributed by atoms with Crippen LogP contribution in [0.5, 0.6) is 0 Å². The minimum atomic E-state index is -0.455. The third kappa shape index (κ3) is 3.43. The molecule has 1 heterocycles. The fourth-order valence-corrected chi connectivity index (χ4v) is 7.31. The highest BCUT2D eigenvalue weighted by molar-refractivity contribution is 6.23. The number of nitrogens with zero attached hydrogens (tertiary/aromatic N) is 1. The number of amides is 3. The molecule has 4 aliphatic rings. The summed E-state index contributed by atoms with van der Waals surface area (Å²) in [6.07, 6.45) is 1.60. The quantitative estimate of drug-likeness (QED) is 0.304. The maximum absolute atomic E-state index is 14.1. The van der Waals surface area contributed by atoms with Crippen molar-refractivity contribution in [2.45, 2.75) is 38.5 Å². The Kier molecular flexibility index (Phi) is 5.70. The van der Waals surface area contributed by atoms with Gasteiger partial charge in [-0.05, 0) is 64.4 Å². The molecule has 4 aromatic rings. The van der Waals surface area contributed by atoms with Gasteiger partial charge in [0.15, 0.2) is 0 Å². The lowest BCUT2D eigenvalue weighted by Gasteiger charge is -2.45. The van der Waals surface area contributed by atoms with Crippen molar-refractivity contribution in [1.29, 1.82) is 0 Å². The molecule has 1 saturated heterocycles. The molecule has 0 saturated carbocycles. The standard InChI is InChI=1S/C35H30N2O3/c1-3-20-11-9-12-21(4-2)32(20)36-33(38)22-13-10-14-23(19-22)37-34(39)30-28-24-15-5-6-16-25(24)29(31(30)35(37)40)27-18-8-7-17-26(27)28/h5-19,28-31H,3-4H2,1-2H3,(H,36,38)/t28?,29?,30-,31-/m1/s1. The molecule has 4 aromatic carbocycles. The first kappa shape index (κ1) is 24.5. The van der Waals surface area contributed by atoms with E-state index in [0.29, 0.717) is 11.3 Å². The number of para-hydroxylation sites is 1. The van der Waals surface area contributed by atoms with Gasteiger partial charge in [-0.15, -0.1) is 0 Å². The van der Waals surface area contributed by atoms with E-state index in [1.165, 1.54) is 4.90 Å². The second-order valence-electron chi connectivity index (χ2n) is 10.9. The Labute approximate surface area is 233 Å². The van der Waals surface area contributed by atoms with Gasteiger partial charge in [0.25, 0.3) is 5.91 Å². The fraction of sp³-hybridized carbons (Fsp3) is 0.229. The average Bonchev–Trinajstić information content (AvgIpc) is 3.27. The first-order valence-electron chi connectivity index (χ1n) is 14.1. The molecule has 2 atom stereocenters. The molecule has 0 unspecified atom stereocenters. The number of carbonyl (C=O) groups is 3. The van der Waals surface area contributed by atoms with Crippen LogP contribution in [0.15, 0.2) is 91.0 Å². The summed E-state index contributed by atoms with van der Waals surface area (Å²) in [4.78, 5) is 43.0. The van der Waals surface area contributed by atoms with Gasteiger partial charge in [0.05, 0.1) is 17.5 Å². The van der Waals surface area contributed by atoms with Gasteiger partial charge in [0, 0.05) is 23.1 Å². The number of hydrogen-bond donors (Lipinski definition) is 1. The molecule has 198 valence electrons. The van der Waals surface area contributed by atoms with E-state index in [9.17, 15) is 14.4 Å². The van der Waals surface area contributed by atoms with E-state index < -0.39 is 11.8 Å². The number of aryl methyl sites for hydroxylation is 2. The summed E-state index contributed by atoms with van der Waals surface area (Å²) in [5, 5.41) is 3.11. The highest BCUT2D eigenvalue weighted by atomic mass is 16.2. The van der Waals surface area contributed by atoms with Crippen molar-refractivity contribution in [3.8, 4) is 0 Å². The van der Waals surface area contributed by atoms with Crippen molar-refractivity contribution in [3.63, 3.8) is 0 Å². The predicted molar refractivity (Wildman–Crippen MR) is 156 cm³/mol. The molecular weight excluding hydrogens is 496 g/mol. The van der Waals surface area contributed by atoms with E-state index in [2.05, 4.69) is 43.4 Å². The largest absolute Gasteiger partial charge is 0.321 e. The van der Waals surface area contributed by atoms with Crippen molar-refractivity contribution >= 4 is 29.1 Å². The molecule has 0 spiro atoms. The fourth-order valence-electron chi connectivity index (χ4n) is 7.31. The predicted octanol–water partition coefficient (Wildman–Crippen LogP) is 6.46. The van der Waals surface area contributed by atoms with E-state index in [1.54, 1.807) is 24.3 Å². The van der Waals surface area contributed by atoms with Gasteiger partial charge in [-0.25, -0.2) is 4.90 Å². The molecule has 5 heteroatoms. The summed E-state index contributed by atoms with van der Waals surface area (Å²) < 4.78 is 0. The second kappa shape index (κ2) is 9.30. The molecule has 8 rings (SSSR count). The molecule has 1 N–H and O–H groups in total. The van der Waals surface area contributed by atoms with Gasteiger partial charge in [0.1, 0.15) is 0 Å². The Balaban J connectivity index is 1.25. The van der Waals surface area contributed by atoms with Gasteiger partial charge in [-0.1, -0.05) is 86.6 Å². The molecule has 0 aromatic heterocycles. The minimum absolute atomic E-state index is 0.159. The van der Waals surface area contributed by atoms with Gasteiger partial charge in [-0.3, -0.25) is 14.4 Å². The van der Waals surface area contributed by atoms with Crippen molar-refractivity contribution in [3.05, 3.63) is 130 Å². The maximum atomic E-state index is 14.1. The number of imide groups is 1. The lowest BCUT2D eigenvalue weighted by molar-refractivity contribution is -0.122. The number of hydrogen-bond acceptors (Lipinski definition) is 3. The monoisotopic (exact) mass is 526 g/mol. The summed E-state index contributed by atoms with van der Waals surface area (Å²) in [6, 6.07) is 29.4. The number of carbonyl (C=O) groups excluding carboxylic acids is 3. The molecule has 3 amide bonds. The smallest absolute Gasteiger partial charge is 0.255 e. The van der Waals surface area contributed by atoms with Crippen molar-refractivity contribution in [2.24, 2.45) is 11.8 Å². The summed E-state index contributed by atoms with van der Waals surface area (Å²) in [7, 11) is 0. The summed E-state index contributed by atoms with van der Waals surface area (Å²) in [5.74, 6) is -1.85. The molecular formula is C35H30N2O3. The molecule has 2 bridgehead atoms.